The first-order chi connectivity index (χ1) is 25.1. The van der Waals surface area contributed by atoms with E-state index in [2.05, 4.69) is 36.2 Å². The highest BCUT2D eigenvalue weighted by molar-refractivity contribution is 6.30. The number of amides is 2. The number of halogens is 2. The number of aromatic nitrogens is 4. The third-order valence-corrected chi connectivity index (χ3v) is 10.8. The minimum Gasteiger partial charge on any atom is -0.446 e. The molecule has 17 heteroatoms. The summed E-state index contributed by atoms with van der Waals surface area (Å²) in [5.41, 5.74) is 1.21. The van der Waals surface area contributed by atoms with Gasteiger partial charge in [0, 0.05) is 86.5 Å². The second kappa shape index (κ2) is 14.5. The summed E-state index contributed by atoms with van der Waals surface area (Å²) in [7, 11) is 0. The smallest absolute Gasteiger partial charge is 0.407 e. The molecular formula is C35H42ClFN8O7. The molecule has 2 amide bonds. The Labute approximate surface area is 304 Å². The van der Waals surface area contributed by atoms with E-state index < -0.39 is 41.5 Å². The van der Waals surface area contributed by atoms with Gasteiger partial charge >= 0.3 is 6.09 Å². The second-order valence-electron chi connectivity index (χ2n) is 14.4. The molecule has 2 aromatic heterocycles. The lowest BCUT2D eigenvalue weighted by atomic mass is 9.91. The normalized spacial score (nSPS) is 29.0. The topological polar surface area (TPSA) is 172 Å². The van der Waals surface area contributed by atoms with E-state index in [4.69, 9.17) is 35.6 Å². The molecule has 3 aliphatic heterocycles. The van der Waals surface area contributed by atoms with Crippen molar-refractivity contribution in [2.45, 2.75) is 94.1 Å². The molecule has 2 saturated carbocycles. The Balaban J connectivity index is 0.913. The van der Waals surface area contributed by atoms with Crippen molar-refractivity contribution < 1.29 is 38.0 Å². The van der Waals surface area contributed by atoms with Crippen LogP contribution in [0.5, 0.6) is 0 Å². The summed E-state index contributed by atoms with van der Waals surface area (Å²) in [5.74, 6) is -1.64. The molecule has 6 unspecified atom stereocenters. The van der Waals surface area contributed by atoms with Gasteiger partial charge in [-0.25, -0.2) is 19.2 Å². The summed E-state index contributed by atoms with van der Waals surface area (Å²) in [4.78, 5) is 51.8. The van der Waals surface area contributed by atoms with Gasteiger partial charge in [-0.1, -0.05) is 11.6 Å². The van der Waals surface area contributed by atoms with Crippen LogP contribution in [-0.4, -0.2) is 87.6 Å². The van der Waals surface area contributed by atoms with E-state index in [1.807, 2.05) is 6.92 Å². The van der Waals surface area contributed by atoms with Gasteiger partial charge in [-0.3, -0.25) is 9.36 Å². The van der Waals surface area contributed by atoms with E-state index in [0.717, 1.165) is 50.3 Å². The van der Waals surface area contributed by atoms with Crippen molar-refractivity contribution in [2.75, 3.05) is 31.6 Å². The maximum absolute atomic E-state index is 14.5. The molecule has 15 nitrogen and oxygen atoms in total. The highest BCUT2D eigenvalue weighted by Gasteiger charge is 2.63. The number of benzene rings is 1. The van der Waals surface area contributed by atoms with Gasteiger partial charge in [0.25, 0.3) is 5.91 Å². The number of nitrogens with zero attached hydrogens (tertiary/aromatic N) is 4. The monoisotopic (exact) mass is 740 g/mol. The molecule has 0 radical (unpaired) electrons. The average molecular weight is 741 g/mol. The fourth-order valence-corrected chi connectivity index (χ4v) is 8.17. The first kappa shape index (κ1) is 35.1. The molecule has 8 rings (SSSR count). The number of nitrogens with one attached hydrogen (secondary N) is 4. The highest BCUT2D eigenvalue weighted by atomic mass is 35.5. The average Bonchev–Trinajstić information content (AvgIpc) is 3.93. The molecule has 3 saturated heterocycles. The molecule has 5 fully saturated rings. The fourth-order valence-electron chi connectivity index (χ4n) is 7.94. The SMILES string of the molecule is Cc1cnc(NC2CCOCC2)nc1-n1cnc(C(=O)NC(CNC(=O)OC2CCCC3(C2)OOC2(CC4CC2CN4)O3)c2cc(F)cc(Cl)c2)c1. The predicted octanol–water partition coefficient (Wildman–Crippen LogP) is 4.25. The first-order valence-corrected chi connectivity index (χ1v) is 18.3. The molecule has 52 heavy (non-hydrogen) atoms. The molecule has 6 atom stereocenters. The van der Waals surface area contributed by atoms with E-state index in [1.165, 1.54) is 18.5 Å². The van der Waals surface area contributed by atoms with Crippen molar-refractivity contribution in [3.63, 3.8) is 0 Å². The molecular weight excluding hydrogens is 699 g/mol. The molecule has 2 aliphatic carbocycles. The molecule has 5 aliphatic rings. The van der Waals surface area contributed by atoms with Gasteiger partial charge in [-0.2, -0.15) is 14.8 Å². The number of hydrogen-bond donors (Lipinski definition) is 4. The van der Waals surface area contributed by atoms with Crippen molar-refractivity contribution in [1.29, 1.82) is 0 Å². The number of ether oxygens (including phenoxy) is 3. The van der Waals surface area contributed by atoms with Gasteiger partial charge in [0.1, 0.15) is 29.8 Å². The van der Waals surface area contributed by atoms with Crippen molar-refractivity contribution in [3.05, 3.63) is 64.6 Å². The number of fused-ring (bicyclic) bond motifs is 3. The summed E-state index contributed by atoms with van der Waals surface area (Å²) in [6.07, 6.45) is 9.28. The van der Waals surface area contributed by atoms with E-state index in [1.54, 1.807) is 17.0 Å². The molecule has 5 heterocycles. The van der Waals surface area contributed by atoms with Crippen LogP contribution in [0.4, 0.5) is 15.1 Å². The number of alkyl carbamates (subject to hydrolysis) is 1. The van der Waals surface area contributed by atoms with Gasteiger partial charge < -0.3 is 35.5 Å². The van der Waals surface area contributed by atoms with Crippen LogP contribution in [0.1, 0.15) is 79.0 Å². The van der Waals surface area contributed by atoms with Crippen LogP contribution in [0.25, 0.3) is 5.82 Å². The van der Waals surface area contributed by atoms with E-state index >= 15 is 0 Å². The minimum absolute atomic E-state index is 0.0855. The predicted molar refractivity (Wildman–Crippen MR) is 183 cm³/mol. The highest BCUT2D eigenvalue weighted by Crippen LogP contribution is 2.53. The Morgan fingerprint density at radius 2 is 2.04 bits per heavy atom. The van der Waals surface area contributed by atoms with Gasteiger partial charge in [0.15, 0.2) is 0 Å². The number of carbonyl (C=O) groups is 2. The van der Waals surface area contributed by atoms with Crippen molar-refractivity contribution in [2.24, 2.45) is 5.92 Å². The van der Waals surface area contributed by atoms with Crippen molar-refractivity contribution in [3.8, 4) is 5.82 Å². The Bertz CT molecular complexity index is 1790. The Kier molecular flexibility index (Phi) is 9.78. The van der Waals surface area contributed by atoms with Crippen molar-refractivity contribution >= 4 is 29.5 Å². The summed E-state index contributed by atoms with van der Waals surface area (Å²) in [6, 6.07) is 3.61. The number of piperidine rings is 1. The summed E-state index contributed by atoms with van der Waals surface area (Å²) < 4.78 is 33.9. The lowest BCUT2D eigenvalue weighted by Gasteiger charge is -2.36. The minimum atomic E-state index is -0.973. The Hall–Kier alpha value is -3.93. The van der Waals surface area contributed by atoms with Gasteiger partial charge in [0.05, 0.1) is 6.04 Å². The zero-order valence-electron chi connectivity index (χ0n) is 28.7. The fraction of sp³-hybridized carbons (Fsp3) is 0.571. The zero-order valence-corrected chi connectivity index (χ0v) is 29.5. The van der Waals surface area contributed by atoms with Crippen LogP contribution < -0.4 is 21.3 Å². The maximum atomic E-state index is 14.5. The summed E-state index contributed by atoms with van der Waals surface area (Å²) in [5, 5.41) is 12.5. The molecule has 278 valence electrons. The molecule has 2 spiro atoms. The molecule has 3 aromatic rings. The first-order valence-electron chi connectivity index (χ1n) is 17.9. The largest absolute Gasteiger partial charge is 0.446 e. The summed E-state index contributed by atoms with van der Waals surface area (Å²) in [6.45, 7) is 3.92. The standard InChI is InChI=1S/C35H42ClFN8O7/c1-20-15-39-32(42-25-4-7-48-8-5-25)44-30(20)45-18-29(41-19-45)31(46)43-28(21-9-23(36)12-24(37)10-21)17-40-33(47)49-27-3-2-6-34(14-27)50-35(52-51-34)13-26-11-22(35)16-38-26/h9-10,12,15,18-19,22,25-28,38H,2-8,11,13-14,16-17H2,1H3,(H,40,47)(H,43,46)(H,39,42,44). The van der Waals surface area contributed by atoms with Crippen LogP contribution in [0.2, 0.25) is 5.02 Å². The lowest BCUT2D eigenvalue weighted by Crippen LogP contribution is -2.48. The van der Waals surface area contributed by atoms with Gasteiger partial charge in [-0.05, 0) is 62.8 Å². The third kappa shape index (κ3) is 7.45. The van der Waals surface area contributed by atoms with Crippen LogP contribution in [0.15, 0.2) is 36.9 Å². The molecule has 4 N–H and O–H groups in total. The number of anilines is 1. The van der Waals surface area contributed by atoms with Gasteiger partial charge in [-0.15, -0.1) is 0 Å². The van der Waals surface area contributed by atoms with Crippen LogP contribution in [-0.2, 0) is 24.0 Å². The molecule has 1 aromatic carbocycles. The number of carbonyl (C=O) groups excluding carboxylic acids is 2. The van der Waals surface area contributed by atoms with Crippen LogP contribution in [0, 0.1) is 18.7 Å². The van der Waals surface area contributed by atoms with E-state index in [9.17, 15) is 14.0 Å². The molecule has 2 bridgehead atoms. The number of aryl methyl sites for hydroxylation is 1. The summed E-state index contributed by atoms with van der Waals surface area (Å²) >= 11 is 6.18. The maximum Gasteiger partial charge on any atom is 0.407 e. The number of rotatable bonds is 9. The van der Waals surface area contributed by atoms with Gasteiger partial charge in [0.2, 0.25) is 17.5 Å². The van der Waals surface area contributed by atoms with Crippen LogP contribution >= 0.6 is 11.6 Å². The Morgan fingerprint density at radius 1 is 1.17 bits per heavy atom. The van der Waals surface area contributed by atoms with E-state index in [-0.39, 0.29) is 29.2 Å². The number of imidazole rings is 1. The number of hydrogen-bond acceptors (Lipinski definition) is 12. The second-order valence-corrected chi connectivity index (χ2v) is 14.8. The van der Waals surface area contributed by atoms with E-state index in [0.29, 0.717) is 55.8 Å². The lowest BCUT2D eigenvalue weighted by molar-refractivity contribution is -0.362. The van der Waals surface area contributed by atoms with Crippen LogP contribution in [0.3, 0.4) is 0 Å². The quantitative estimate of drug-likeness (QED) is 0.230. The Morgan fingerprint density at radius 3 is 2.83 bits per heavy atom. The third-order valence-electron chi connectivity index (χ3n) is 10.6. The zero-order chi connectivity index (χ0) is 35.9. The van der Waals surface area contributed by atoms with Crippen molar-refractivity contribution in [1.82, 2.24) is 35.5 Å².